The van der Waals surface area contributed by atoms with Gasteiger partial charge in [-0.1, -0.05) is 24.3 Å². The largest absolute Gasteiger partial charge is 0.467 e. The van der Waals surface area contributed by atoms with Gasteiger partial charge in [-0.15, -0.1) is 0 Å². The molecule has 2 atom stereocenters. The number of nitrogens with one attached hydrogen (secondary N) is 1. The number of urea groups is 1. The van der Waals surface area contributed by atoms with Gasteiger partial charge in [-0.05, 0) is 49.1 Å². The maximum atomic E-state index is 12.8. The Morgan fingerprint density at radius 1 is 1.48 bits per heavy atom. The molecule has 4 rings (SSSR count). The van der Waals surface area contributed by atoms with Crippen LogP contribution in [0, 0.1) is 0 Å². The van der Waals surface area contributed by atoms with Gasteiger partial charge in [-0.25, -0.2) is 9.78 Å². The molecule has 7 heteroatoms. The second kappa shape index (κ2) is 7.70. The highest BCUT2D eigenvalue weighted by Crippen LogP contribution is 2.30. The van der Waals surface area contributed by atoms with E-state index in [0.717, 1.165) is 29.5 Å². The maximum Gasteiger partial charge on any atom is 0.323 e. The van der Waals surface area contributed by atoms with Crippen molar-refractivity contribution < 1.29 is 14.3 Å². The van der Waals surface area contributed by atoms with Crippen LogP contribution in [-0.2, 0) is 6.42 Å². The Labute approximate surface area is 161 Å². The number of hydrogen-bond acceptors (Lipinski definition) is 5. The van der Waals surface area contributed by atoms with E-state index in [1.807, 2.05) is 6.07 Å². The van der Waals surface area contributed by atoms with Crippen LogP contribution in [0.5, 0.6) is 0 Å². The summed E-state index contributed by atoms with van der Waals surface area (Å²) >= 11 is 1.49. The van der Waals surface area contributed by atoms with Crippen LogP contribution < -0.4 is 5.32 Å². The molecule has 0 spiro atoms. The minimum absolute atomic E-state index is 0.00817. The number of anilines is 1. The number of likely N-dealkylation sites (tertiary alicyclic amines) is 1. The average molecular weight is 385 g/mol. The van der Waals surface area contributed by atoms with Crippen LogP contribution in [-0.4, -0.2) is 33.6 Å². The van der Waals surface area contributed by atoms with Gasteiger partial charge in [0.1, 0.15) is 11.9 Å². The molecule has 0 aliphatic carbocycles. The number of carbonyl (C=O) groups excluding carboxylic acids is 1. The molecule has 0 radical (unpaired) electrons. The van der Waals surface area contributed by atoms with Crippen molar-refractivity contribution in [2.75, 3.05) is 11.9 Å². The van der Waals surface area contributed by atoms with Crippen LogP contribution >= 0.6 is 11.3 Å². The van der Waals surface area contributed by atoms with Crippen molar-refractivity contribution >= 4 is 32.7 Å². The number of hydrogen-bond donors (Lipinski definition) is 2. The lowest BCUT2D eigenvalue weighted by Crippen LogP contribution is -2.39. The lowest BCUT2D eigenvalue weighted by atomic mass is 10.1. The third-order valence-corrected chi connectivity index (χ3v) is 6.01. The first-order chi connectivity index (χ1) is 13.1. The minimum atomic E-state index is -0.701. The van der Waals surface area contributed by atoms with E-state index in [1.54, 1.807) is 23.3 Å². The van der Waals surface area contributed by atoms with Crippen LogP contribution in [0.15, 0.2) is 41.0 Å². The second-order valence-corrected chi connectivity index (χ2v) is 7.89. The number of carbonyl (C=O) groups is 1. The number of benzene rings is 1. The summed E-state index contributed by atoms with van der Waals surface area (Å²) in [4.78, 5) is 19.1. The summed E-state index contributed by atoms with van der Waals surface area (Å²) in [6.45, 7) is 2.81. The number of thiazole rings is 1. The Hall–Kier alpha value is -2.38. The monoisotopic (exact) mass is 385 g/mol. The third kappa shape index (κ3) is 3.84. The number of nitrogens with zero attached hydrogens (tertiary/aromatic N) is 2. The standard InChI is InChI=1S/C20H23N3O3S/c1-2-13-7-8-15-18(11-13)27-19(21-15)22-20(25)23-9-3-5-14(23)12-16(24)17-6-4-10-26-17/h4,6-8,10-11,14,16,24H,2-3,5,9,12H2,1H3,(H,21,22,25). The van der Waals surface area contributed by atoms with Gasteiger partial charge < -0.3 is 14.4 Å². The fourth-order valence-electron chi connectivity index (χ4n) is 3.61. The van der Waals surface area contributed by atoms with Crippen LogP contribution in [0.3, 0.4) is 0 Å². The molecule has 142 valence electrons. The van der Waals surface area contributed by atoms with Crippen molar-refractivity contribution in [1.29, 1.82) is 0 Å². The summed E-state index contributed by atoms with van der Waals surface area (Å²) in [6.07, 6.45) is 4.11. The molecule has 2 aromatic heterocycles. The van der Waals surface area contributed by atoms with Crippen molar-refractivity contribution in [3.05, 3.63) is 47.9 Å². The van der Waals surface area contributed by atoms with Gasteiger partial charge in [0, 0.05) is 19.0 Å². The minimum Gasteiger partial charge on any atom is -0.467 e. The molecule has 2 unspecified atom stereocenters. The van der Waals surface area contributed by atoms with Gasteiger partial charge in [0.05, 0.1) is 16.5 Å². The van der Waals surface area contributed by atoms with E-state index in [-0.39, 0.29) is 12.1 Å². The quantitative estimate of drug-likeness (QED) is 0.674. The Morgan fingerprint density at radius 3 is 3.15 bits per heavy atom. The van der Waals surface area contributed by atoms with Gasteiger partial charge in [0.15, 0.2) is 5.13 Å². The zero-order valence-corrected chi connectivity index (χ0v) is 16.0. The van der Waals surface area contributed by atoms with Gasteiger partial charge in [-0.2, -0.15) is 0 Å². The smallest absolute Gasteiger partial charge is 0.323 e. The fraction of sp³-hybridized carbons (Fsp3) is 0.400. The normalized spacial score (nSPS) is 18.1. The Morgan fingerprint density at radius 2 is 2.37 bits per heavy atom. The zero-order chi connectivity index (χ0) is 18.8. The van der Waals surface area contributed by atoms with Gasteiger partial charge in [0.25, 0.3) is 0 Å². The summed E-state index contributed by atoms with van der Waals surface area (Å²) in [5.74, 6) is 0.542. The van der Waals surface area contributed by atoms with Crippen molar-refractivity contribution in [1.82, 2.24) is 9.88 Å². The van der Waals surface area contributed by atoms with Gasteiger partial charge in [0.2, 0.25) is 0 Å². The topological polar surface area (TPSA) is 78.6 Å². The summed E-state index contributed by atoms with van der Waals surface area (Å²) < 4.78 is 6.35. The summed E-state index contributed by atoms with van der Waals surface area (Å²) in [5.41, 5.74) is 2.16. The summed E-state index contributed by atoms with van der Waals surface area (Å²) in [7, 11) is 0. The number of aliphatic hydroxyl groups excluding tert-OH is 1. The van der Waals surface area contributed by atoms with Crippen molar-refractivity contribution in [3.63, 3.8) is 0 Å². The lowest BCUT2D eigenvalue weighted by molar-refractivity contribution is 0.110. The number of aryl methyl sites for hydroxylation is 1. The molecule has 0 bridgehead atoms. The van der Waals surface area contributed by atoms with E-state index in [0.29, 0.717) is 23.9 Å². The molecule has 6 nitrogen and oxygen atoms in total. The Kier molecular flexibility index (Phi) is 5.13. The van der Waals surface area contributed by atoms with Crippen LogP contribution in [0.25, 0.3) is 10.2 Å². The summed E-state index contributed by atoms with van der Waals surface area (Å²) in [6, 6.07) is 9.55. The second-order valence-electron chi connectivity index (χ2n) is 6.86. The van der Waals surface area contributed by atoms with Crippen molar-refractivity contribution in [2.45, 2.75) is 44.8 Å². The zero-order valence-electron chi connectivity index (χ0n) is 15.2. The molecule has 0 saturated carbocycles. The van der Waals surface area contributed by atoms with Crippen LogP contribution in [0.2, 0.25) is 0 Å². The fourth-order valence-corrected chi connectivity index (χ4v) is 4.53. The first kappa shape index (κ1) is 18.0. The predicted octanol–water partition coefficient (Wildman–Crippen LogP) is 4.57. The van der Waals surface area contributed by atoms with E-state index in [1.165, 1.54) is 16.9 Å². The average Bonchev–Trinajstić information content (AvgIpc) is 3.40. The first-order valence-electron chi connectivity index (χ1n) is 9.32. The number of furan rings is 1. The van der Waals surface area contributed by atoms with E-state index in [9.17, 15) is 9.90 Å². The van der Waals surface area contributed by atoms with E-state index < -0.39 is 6.10 Å². The van der Waals surface area contributed by atoms with Crippen molar-refractivity contribution in [2.24, 2.45) is 0 Å². The number of fused-ring (bicyclic) bond motifs is 1. The highest BCUT2D eigenvalue weighted by atomic mass is 32.1. The highest BCUT2D eigenvalue weighted by Gasteiger charge is 2.31. The molecule has 3 heterocycles. The van der Waals surface area contributed by atoms with E-state index in [4.69, 9.17) is 4.42 Å². The number of amides is 2. The van der Waals surface area contributed by atoms with E-state index in [2.05, 4.69) is 29.4 Å². The lowest BCUT2D eigenvalue weighted by Gasteiger charge is -2.25. The molecule has 3 aromatic rings. The SMILES string of the molecule is CCc1ccc2nc(NC(=O)N3CCCC3CC(O)c3ccco3)sc2c1. The van der Waals surface area contributed by atoms with Crippen LogP contribution in [0.4, 0.5) is 9.93 Å². The third-order valence-electron chi connectivity index (χ3n) is 5.08. The highest BCUT2D eigenvalue weighted by molar-refractivity contribution is 7.22. The molecule has 1 aliphatic rings. The molecule has 27 heavy (non-hydrogen) atoms. The van der Waals surface area contributed by atoms with Gasteiger partial charge >= 0.3 is 6.03 Å². The number of aromatic nitrogens is 1. The van der Waals surface area contributed by atoms with Gasteiger partial charge in [-0.3, -0.25) is 5.32 Å². The predicted molar refractivity (Wildman–Crippen MR) is 106 cm³/mol. The molecule has 1 fully saturated rings. The maximum absolute atomic E-state index is 12.8. The van der Waals surface area contributed by atoms with Crippen LogP contribution in [0.1, 0.15) is 43.6 Å². The molecule has 1 saturated heterocycles. The molecule has 1 aromatic carbocycles. The molecule has 2 N–H and O–H groups in total. The first-order valence-corrected chi connectivity index (χ1v) is 10.1. The van der Waals surface area contributed by atoms with E-state index >= 15 is 0 Å². The molecule has 1 aliphatic heterocycles. The molecular formula is C20H23N3O3S. The molecular weight excluding hydrogens is 362 g/mol. The Bertz CT molecular complexity index is 922. The summed E-state index contributed by atoms with van der Waals surface area (Å²) in [5, 5.41) is 13.9. The number of aliphatic hydroxyl groups is 1. The van der Waals surface area contributed by atoms with Crippen molar-refractivity contribution in [3.8, 4) is 0 Å². The number of rotatable bonds is 5. The Balaban J connectivity index is 1.43. The molecule has 2 amide bonds.